The van der Waals surface area contributed by atoms with Gasteiger partial charge >= 0.3 is 0 Å². The van der Waals surface area contributed by atoms with Crippen molar-refractivity contribution >= 4 is 0 Å². The third-order valence-corrected chi connectivity index (χ3v) is 4.23. The lowest BCUT2D eigenvalue weighted by Crippen LogP contribution is -2.35. The fraction of sp³-hybridized carbons (Fsp3) is 1.00. The average Bonchev–Trinajstić information content (AvgIpc) is 2.41. The fourth-order valence-electron chi connectivity index (χ4n) is 2.08. The number of hydrogen-bond acceptors (Lipinski definition) is 4. The Bertz CT molecular complexity index is 209. The summed E-state index contributed by atoms with van der Waals surface area (Å²) in [4.78, 5) is 0. The molecule has 4 atom stereocenters. The molecule has 0 heterocycles. The second kappa shape index (κ2) is 11.5. The van der Waals surface area contributed by atoms with Gasteiger partial charge in [-0.05, 0) is 32.1 Å². The van der Waals surface area contributed by atoms with E-state index in [0.29, 0.717) is 6.42 Å². The van der Waals surface area contributed by atoms with Crippen molar-refractivity contribution < 1.29 is 20.4 Å². The quantitative estimate of drug-likeness (QED) is 0.553. The largest absolute Gasteiger partial charge is 0.396 e. The van der Waals surface area contributed by atoms with Crippen LogP contribution in [0, 0.1) is 17.8 Å². The highest BCUT2D eigenvalue weighted by Gasteiger charge is 2.27. The molecule has 0 aliphatic carbocycles. The van der Waals surface area contributed by atoms with Crippen molar-refractivity contribution in [2.75, 3.05) is 13.2 Å². The van der Waals surface area contributed by atoms with Gasteiger partial charge in [-0.2, -0.15) is 0 Å². The van der Waals surface area contributed by atoms with Crippen molar-refractivity contribution in [1.29, 1.82) is 0 Å². The van der Waals surface area contributed by atoms with Crippen LogP contribution in [0.5, 0.6) is 0 Å². The normalized spacial score (nSPS) is 18.8. The zero-order valence-electron chi connectivity index (χ0n) is 14.1. The standard InChI is InChI=1S/2C8H18O2/c1-4-7(5-9)8(10)6(2)3;1-4-7(6-9)8(3,10)5-2/h6-10H,4-5H2,1-3H3;7,9-10H,4-6H2,1-3H3. The summed E-state index contributed by atoms with van der Waals surface area (Å²) in [6, 6.07) is 0. The van der Waals surface area contributed by atoms with Crippen molar-refractivity contribution in [1.82, 2.24) is 0 Å². The SMILES string of the molecule is CCC(CO)C(C)(O)CC.CCC(CO)C(O)C(C)C. The van der Waals surface area contributed by atoms with E-state index < -0.39 is 5.60 Å². The van der Waals surface area contributed by atoms with Crippen LogP contribution in [0.4, 0.5) is 0 Å². The Hall–Kier alpha value is -0.160. The monoisotopic (exact) mass is 292 g/mol. The van der Waals surface area contributed by atoms with Crippen LogP contribution >= 0.6 is 0 Å². The van der Waals surface area contributed by atoms with Gasteiger partial charge in [0.15, 0.2) is 0 Å². The molecule has 0 aromatic carbocycles. The minimum atomic E-state index is -0.691. The molecular weight excluding hydrogens is 256 g/mol. The van der Waals surface area contributed by atoms with Crippen LogP contribution in [0.25, 0.3) is 0 Å². The van der Waals surface area contributed by atoms with E-state index in [2.05, 4.69) is 0 Å². The molecule has 20 heavy (non-hydrogen) atoms. The first-order valence-corrected chi connectivity index (χ1v) is 7.83. The van der Waals surface area contributed by atoms with Gasteiger partial charge in [0.05, 0.1) is 11.7 Å². The Labute approximate surface area is 124 Å². The van der Waals surface area contributed by atoms with Crippen LogP contribution in [0.15, 0.2) is 0 Å². The smallest absolute Gasteiger partial charge is 0.0666 e. The molecule has 4 unspecified atom stereocenters. The number of aliphatic hydroxyl groups is 4. The van der Waals surface area contributed by atoms with E-state index in [1.165, 1.54) is 0 Å². The van der Waals surface area contributed by atoms with E-state index in [0.717, 1.165) is 12.8 Å². The summed E-state index contributed by atoms with van der Waals surface area (Å²) in [7, 11) is 0. The number of rotatable bonds is 8. The summed E-state index contributed by atoms with van der Waals surface area (Å²) < 4.78 is 0. The van der Waals surface area contributed by atoms with Crippen LogP contribution in [0.3, 0.4) is 0 Å². The van der Waals surface area contributed by atoms with Gasteiger partial charge in [0.1, 0.15) is 0 Å². The highest BCUT2D eigenvalue weighted by atomic mass is 16.3. The Balaban J connectivity index is 0. The molecule has 124 valence electrons. The first-order valence-electron chi connectivity index (χ1n) is 7.83. The van der Waals surface area contributed by atoms with Crippen LogP contribution in [-0.2, 0) is 0 Å². The van der Waals surface area contributed by atoms with E-state index in [9.17, 15) is 10.2 Å². The third kappa shape index (κ3) is 8.20. The molecule has 4 heteroatoms. The maximum Gasteiger partial charge on any atom is 0.0666 e. The minimum absolute atomic E-state index is 0.0255. The predicted octanol–water partition coefficient (Wildman–Crippen LogP) is 2.19. The Morgan fingerprint density at radius 3 is 1.55 bits per heavy atom. The van der Waals surface area contributed by atoms with Gasteiger partial charge in [0.25, 0.3) is 0 Å². The zero-order chi connectivity index (χ0) is 16.3. The second-order valence-electron chi connectivity index (χ2n) is 6.08. The minimum Gasteiger partial charge on any atom is -0.396 e. The molecule has 0 saturated heterocycles. The lowest BCUT2D eigenvalue weighted by Gasteiger charge is -2.29. The number of aliphatic hydroxyl groups excluding tert-OH is 3. The van der Waals surface area contributed by atoms with Crippen molar-refractivity contribution in [3.05, 3.63) is 0 Å². The van der Waals surface area contributed by atoms with Gasteiger partial charge in [-0.1, -0.05) is 34.6 Å². The summed E-state index contributed by atoms with van der Waals surface area (Å²) in [5, 5.41) is 36.7. The summed E-state index contributed by atoms with van der Waals surface area (Å²) in [5.41, 5.74) is -0.691. The van der Waals surface area contributed by atoms with Gasteiger partial charge in [0.2, 0.25) is 0 Å². The molecule has 4 N–H and O–H groups in total. The molecule has 0 spiro atoms. The van der Waals surface area contributed by atoms with E-state index in [1.807, 2.05) is 34.6 Å². The van der Waals surface area contributed by atoms with Gasteiger partial charge < -0.3 is 20.4 Å². The van der Waals surface area contributed by atoms with E-state index in [-0.39, 0.29) is 37.1 Å². The zero-order valence-corrected chi connectivity index (χ0v) is 14.1. The topological polar surface area (TPSA) is 80.9 Å². The Morgan fingerprint density at radius 1 is 0.950 bits per heavy atom. The number of hydrogen-bond donors (Lipinski definition) is 4. The Morgan fingerprint density at radius 2 is 1.45 bits per heavy atom. The maximum atomic E-state index is 9.62. The van der Waals surface area contributed by atoms with Crippen LogP contribution < -0.4 is 0 Å². The highest BCUT2D eigenvalue weighted by Crippen LogP contribution is 2.22. The maximum absolute atomic E-state index is 9.62. The first kappa shape index (κ1) is 22.1. The van der Waals surface area contributed by atoms with Gasteiger partial charge in [-0.25, -0.2) is 0 Å². The molecule has 0 saturated carbocycles. The van der Waals surface area contributed by atoms with Crippen molar-refractivity contribution in [2.45, 2.75) is 72.5 Å². The predicted molar refractivity (Wildman–Crippen MR) is 83.5 cm³/mol. The molecule has 0 fully saturated rings. The highest BCUT2D eigenvalue weighted by molar-refractivity contribution is 4.78. The summed E-state index contributed by atoms with van der Waals surface area (Å²) in [6.45, 7) is 11.8. The van der Waals surface area contributed by atoms with Crippen LogP contribution in [0.1, 0.15) is 60.8 Å². The van der Waals surface area contributed by atoms with E-state index >= 15 is 0 Å². The van der Waals surface area contributed by atoms with Crippen molar-refractivity contribution in [2.24, 2.45) is 17.8 Å². The van der Waals surface area contributed by atoms with Crippen molar-refractivity contribution in [3.63, 3.8) is 0 Å². The molecule has 0 aliphatic rings. The molecule has 0 bridgehead atoms. The van der Waals surface area contributed by atoms with E-state index in [4.69, 9.17) is 10.2 Å². The first-order chi connectivity index (χ1) is 9.21. The molecule has 0 aliphatic heterocycles. The Kier molecular flexibility index (Phi) is 12.7. The van der Waals surface area contributed by atoms with Crippen molar-refractivity contribution in [3.8, 4) is 0 Å². The van der Waals surface area contributed by atoms with Crippen LogP contribution in [0.2, 0.25) is 0 Å². The summed E-state index contributed by atoms with van der Waals surface area (Å²) in [5.74, 6) is 0.328. The molecule has 0 aromatic heterocycles. The molecule has 0 aromatic rings. The molecule has 0 rings (SSSR count). The fourth-order valence-corrected chi connectivity index (χ4v) is 2.08. The molecule has 4 nitrogen and oxygen atoms in total. The molecule has 0 radical (unpaired) electrons. The summed E-state index contributed by atoms with van der Waals surface area (Å²) in [6.07, 6.45) is 2.02. The van der Waals surface area contributed by atoms with Gasteiger partial charge in [-0.3, -0.25) is 0 Å². The lowest BCUT2D eigenvalue weighted by molar-refractivity contribution is -0.0286. The van der Waals surface area contributed by atoms with Gasteiger partial charge in [0, 0.05) is 25.0 Å². The van der Waals surface area contributed by atoms with Gasteiger partial charge in [-0.15, -0.1) is 0 Å². The van der Waals surface area contributed by atoms with E-state index in [1.54, 1.807) is 6.92 Å². The second-order valence-corrected chi connectivity index (χ2v) is 6.08. The summed E-state index contributed by atoms with van der Waals surface area (Å²) >= 11 is 0. The van der Waals surface area contributed by atoms with Crippen LogP contribution in [-0.4, -0.2) is 45.3 Å². The lowest BCUT2D eigenvalue weighted by atomic mass is 9.86. The molecular formula is C16H36O4. The average molecular weight is 292 g/mol. The third-order valence-electron chi connectivity index (χ3n) is 4.23. The molecule has 0 amide bonds.